The van der Waals surface area contributed by atoms with E-state index in [9.17, 15) is 27.6 Å². The summed E-state index contributed by atoms with van der Waals surface area (Å²) in [5, 5.41) is 0. The van der Waals surface area contributed by atoms with Gasteiger partial charge in [0.05, 0.1) is 33.4 Å². The number of rotatable bonds is 4. The van der Waals surface area contributed by atoms with Gasteiger partial charge in [0.15, 0.2) is 0 Å². The number of aryl methyl sites for hydroxylation is 1. The first-order valence-corrected chi connectivity index (χ1v) is 15.4. The van der Waals surface area contributed by atoms with Crippen LogP contribution in [0.3, 0.4) is 0 Å². The lowest BCUT2D eigenvalue weighted by Gasteiger charge is -2.42. The molecular formula is C29H31F3IN5O3S. The summed E-state index contributed by atoms with van der Waals surface area (Å²) in [5.74, 6) is -1.39. The maximum Gasteiger partial charge on any atom is 0.433 e. The summed E-state index contributed by atoms with van der Waals surface area (Å²) in [4.78, 5) is 52.1. The molecule has 3 aromatic heterocycles. The molecule has 5 rings (SSSR count). The quantitative estimate of drug-likeness (QED) is 0.185. The summed E-state index contributed by atoms with van der Waals surface area (Å²) in [6.07, 6.45) is -3.25. The van der Waals surface area contributed by atoms with E-state index < -0.39 is 23.2 Å². The van der Waals surface area contributed by atoms with Gasteiger partial charge in [0.1, 0.15) is 5.69 Å². The fraction of sp³-hybridized carbons (Fsp3) is 0.483. The van der Waals surface area contributed by atoms with Gasteiger partial charge in [-0.3, -0.25) is 24.3 Å². The zero-order valence-electron chi connectivity index (χ0n) is 24.0. The fourth-order valence-corrected chi connectivity index (χ4v) is 8.06. The molecule has 224 valence electrons. The molecule has 0 aliphatic carbocycles. The zero-order valence-corrected chi connectivity index (χ0v) is 27.0. The van der Waals surface area contributed by atoms with Gasteiger partial charge < -0.3 is 4.90 Å². The van der Waals surface area contributed by atoms with Gasteiger partial charge in [-0.2, -0.15) is 13.2 Å². The van der Waals surface area contributed by atoms with Gasteiger partial charge >= 0.3 is 6.18 Å². The minimum absolute atomic E-state index is 0.0301. The molecule has 3 aromatic rings. The first kappa shape index (κ1) is 30.8. The van der Waals surface area contributed by atoms with E-state index in [1.54, 1.807) is 37.8 Å². The minimum atomic E-state index is -4.72. The third-order valence-electron chi connectivity index (χ3n) is 8.38. The molecule has 2 saturated heterocycles. The zero-order chi connectivity index (χ0) is 30.9. The summed E-state index contributed by atoms with van der Waals surface area (Å²) in [6.45, 7) is 11.8. The lowest BCUT2D eigenvalue weighted by Crippen LogP contribution is -2.56. The Labute approximate surface area is 259 Å². The molecule has 8 nitrogen and oxygen atoms in total. The number of hydrogen-bond donors (Lipinski definition) is 0. The molecule has 2 aliphatic rings. The van der Waals surface area contributed by atoms with E-state index in [-0.39, 0.29) is 53.2 Å². The summed E-state index contributed by atoms with van der Waals surface area (Å²) in [5.41, 5.74) is -0.859. The number of imide groups is 1. The maximum atomic E-state index is 14.1. The number of nitrogens with zero attached hydrogens (tertiary/aromatic N) is 5. The predicted molar refractivity (Wildman–Crippen MR) is 162 cm³/mol. The number of amides is 3. The first-order valence-electron chi connectivity index (χ1n) is 13.6. The average molecular weight is 714 g/mol. The van der Waals surface area contributed by atoms with Gasteiger partial charge in [-0.15, -0.1) is 11.3 Å². The molecule has 2 aliphatic heterocycles. The lowest BCUT2D eigenvalue weighted by molar-refractivity contribution is -0.142. The highest BCUT2D eigenvalue weighted by Gasteiger charge is 2.51. The number of carbonyl (C=O) groups excluding carboxylic acids is 3. The summed E-state index contributed by atoms with van der Waals surface area (Å²) in [7, 11) is 0. The molecule has 3 amide bonds. The standard InChI is InChI=1S/C29H31F3IN5O3S/c1-14-9-21(29(30,31)32)35-23(22(14)26(40)38-15(2)11-36(33)12-16(38)3)19-7-8-34-20-10-18(42-24(19)20)13-37-25(39)17(4)28(5,6)27(37)41/h7-10,15-17H,11-13H2,1-6H3/t15-,16-,17?/m0/s1. The molecule has 0 N–H and O–H groups in total. The molecule has 5 heterocycles. The number of alkyl halides is 3. The second-order valence-electron chi connectivity index (χ2n) is 11.7. The Morgan fingerprint density at radius 1 is 1.14 bits per heavy atom. The Hall–Kier alpha value is -2.65. The van der Waals surface area contributed by atoms with Gasteiger partial charge in [0, 0.05) is 70.6 Å². The lowest BCUT2D eigenvalue weighted by atomic mass is 9.82. The van der Waals surface area contributed by atoms with E-state index in [1.807, 2.05) is 13.8 Å². The van der Waals surface area contributed by atoms with E-state index in [0.29, 0.717) is 33.7 Å². The molecule has 0 spiro atoms. The minimum Gasteiger partial charge on any atom is -0.331 e. The van der Waals surface area contributed by atoms with Crippen LogP contribution in [-0.2, 0) is 22.3 Å². The molecular weight excluding hydrogens is 682 g/mol. The number of thiophene rings is 1. The van der Waals surface area contributed by atoms with Crippen molar-refractivity contribution in [2.75, 3.05) is 13.1 Å². The van der Waals surface area contributed by atoms with Gasteiger partial charge in [-0.1, -0.05) is 20.8 Å². The maximum absolute atomic E-state index is 14.1. The highest BCUT2D eigenvalue weighted by molar-refractivity contribution is 14.1. The number of halogens is 4. The fourth-order valence-electron chi connectivity index (χ4n) is 5.80. The van der Waals surface area contributed by atoms with Crippen LogP contribution in [0.4, 0.5) is 13.2 Å². The highest BCUT2D eigenvalue weighted by Crippen LogP contribution is 2.41. The SMILES string of the molecule is Cc1cc(C(F)(F)F)nc(-c2ccnc3cc(CN4C(=O)C(C)C(C)(C)C4=O)sc23)c1C(=O)N1[C@@H](C)CN(I)C[C@@H]1C. The molecule has 13 heteroatoms. The topological polar surface area (TPSA) is 86.7 Å². The molecule has 1 unspecified atom stereocenters. The van der Waals surface area contributed by atoms with Crippen LogP contribution in [0.1, 0.15) is 61.1 Å². The summed E-state index contributed by atoms with van der Waals surface area (Å²) < 4.78 is 44.6. The van der Waals surface area contributed by atoms with E-state index in [0.717, 1.165) is 6.07 Å². The smallest absolute Gasteiger partial charge is 0.331 e. The van der Waals surface area contributed by atoms with E-state index in [1.165, 1.54) is 29.4 Å². The highest BCUT2D eigenvalue weighted by atomic mass is 127. The van der Waals surface area contributed by atoms with Crippen molar-refractivity contribution in [3.05, 3.63) is 46.1 Å². The van der Waals surface area contributed by atoms with Crippen molar-refractivity contribution in [3.8, 4) is 11.3 Å². The van der Waals surface area contributed by atoms with Crippen molar-refractivity contribution < 1.29 is 27.6 Å². The number of fused-ring (bicyclic) bond motifs is 1. The normalized spacial score (nSPS) is 23.3. The van der Waals surface area contributed by atoms with Crippen LogP contribution in [0.15, 0.2) is 24.4 Å². The van der Waals surface area contributed by atoms with Crippen LogP contribution < -0.4 is 0 Å². The van der Waals surface area contributed by atoms with Gasteiger partial charge in [0.25, 0.3) is 5.91 Å². The van der Waals surface area contributed by atoms with Crippen molar-refractivity contribution in [2.45, 2.75) is 66.3 Å². The van der Waals surface area contributed by atoms with Gasteiger partial charge in [0.2, 0.25) is 11.8 Å². The number of carbonyl (C=O) groups is 3. The van der Waals surface area contributed by atoms with Crippen molar-refractivity contribution in [3.63, 3.8) is 0 Å². The third-order valence-corrected chi connectivity index (χ3v) is 10.3. The molecule has 3 atom stereocenters. The van der Waals surface area contributed by atoms with Crippen molar-refractivity contribution >= 4 is 62.1 Å². The van der Waals surface area contributed by atoms with Crippen LogP contribution in [-0.4, -0.2) is 65.8 Å². The summed E-state index contributed by atoms with van der Waals surface area (Å²) >= 11 is 3.44. The Morgan fingerprint density at radius 2 is 1.79 bits per heavy atom. The Kier molecular flexibility index (Phi) is 7.93. The number of pyridine rings is 2. The van der Waals surface area contributed by atoms with Gasteiger partial charge in [-0.05, 0) is 44.5 Å². The second-order valence-corrected chi connectivity index (χ2v) is 14.2. The molecule has 0 aromatic carbocycles. The molecule has 0 radical (unpaired) electrons. The van der Waals surface area contributed by atoms with Crippen LogP contribution in [0.25, 0.3) is 21.5 Å². The number of piperazine rings is 1. The van der Waals surface area contributed by atoms with Crippen molar-refractivity contribution in [1.82, 2.24) is 22.9 Å². The Balaban J connectivity index is 1.64. The largest absolute Gasteiger partial charge is 0.433 e. The number of aromatic nitrogens is 2. The second kappa shape index (κ2) is 10.8. The molecule has 0 bridgehead atoms. The van der Waals surface area contributed by atoms with Crippen LogP contribution in [0.5, 0.6) is 0 Å². The molecule has 42 heavy (non-hydrogen) atoms. The Bertz CT molecular complexity index is 1600. The number of likely N-dealkylation sites (tertiary alicyclic amines) is 1. The number of hydrogen-bond acceptors (Lipinski definition) is 7. The van der Waals surface area contributed by atoms with E-state index in [4.69, 9.17) is 0 Å². The average Bonchev–Trinajstić information content (AvgIpc) is 3.36. The van der Waals surface area contributed by atoms with Crippen molar-refractivity contribution in [2.24, 2.45) is 11.3 Å². The van der Waals surface area contributed by atoms with Crippen LogP contribution in [0, 0.1) is 18.3 Å². The van der Waals surface area contributed by atoms with Crippen molar-refractivity contribution in [1.29, 1.82) is 0 Å². The van der Waals surface area contributed by atoms with Crippen LogP contribution >= 0.6 is 34.2 Å². The van der Waals surface area contributed by atoms with E-state index >= 15 is 0 Å². The first-order chi connectivity index (χ1) is 19.5. The Morgan fingerprint density at radius 3 is 2.36 bits per heavy atom. The monoisotopic (exact) mass is 713 g/mol. The predicted octanol–water partition coefficient (Wildman–Crippen LogP) is 6.10. The van der Waals surface area contributed by atoms with Crippen LogP contribution in [0.2, 0.25) is 0 Å². The summed E-state index contributed by atoms with van der Waals surface area (Å²) in [6, 6.07) is 3.88. The molecule has 0 saturated carbocycles. The van der Waals surface area contributed by atoms with Gasteiger partial charge in [-0.25, -0.2) is 8.10 Å². The third kappa shape index (κ3) is 5.21. The molecule has 2 fully saturated rings. The van der Waals surface area contributed by atoms with E-state index in [2.05, 4.69) is 35.9 Å².